The maximum absolute atomic E-state index is 12.4. The lowest BCUT2D eigenvalue weighted by molar-refractivity contribution is 0.103. The molecule has 0 aromatic heterocycles. The molecule has 0 radical (unpaired) electrons. The Balaban J connectivity index is 2.38. The molecular weight excluding hydrogens is 304 g/mol. The summed E-state index contributed by atoms with van der Waals surface area (Å²) in [6, 6.07) is 11.1. The Labute approximate surface area is 121 Å². The monoisotopic (exact) mass is 318 g/mol. The van der Waals surface area contributed by atoms with Crippen molar-refractivity contribution in [3.63, 3.8) is 0 Å². The average Bonchev–Trinajstić information content (AvgIpc) is 2.41. The maximum Gasteiger partial charge on any atom is 0.193 e. The molecule has 2 aromatic rings. The Morgan fingerprint density at radius 3 is 2.21 bits per heavy atom. The number of hydrogen-bond donors (Lipinski definition) is 0. The fourth-order valence-electron chi connectivity index (χ4n) is 1.92. The first-order valence-electron chi connectivity index (χ1n) is 5.98. The molecule has 2 nitrogen and oxygen atoms in total. The minimum Gasteiger partial charge on any atom is -0.496 e. The number of carbonyl (C=O) groups excluding carboxylic acids is 1. The van der Waals surface area contributed by atoms with Crippen LogP contribution in [0.2, 0.25) is 0 Å². The first-order chi connectivity index (χ1) is 9.02. The molecule has 19 heavy (non-hydrogen) atoms. The van der Waals surface area contributed by atoms with E-state index < -0.39 is 0 Å². The molecule has 3 heteroatoms. The van der Waals surface area contributed by atoms with E-state index >= 15 is 0 Å². The third-order valence-corrected chi connectivity index (χ3v) is 3.95. The highest BCUT2D eigenvalue weighted by atomic mass is 79.9. The fourth-order valence-corrected chi connectivity index (χ4v) is 2.30. The topological polar surface area (TPSA) is 26.3 Å². The molecule has 0 fully saturated rings. The minimum absolute atomic E-state index is 0.0199. The Morgan fingerprint density at radius 2 is 1.63 bits per heavy atom. The van der Waals surface area contributed by atoms with E-state index in [0.29, 0.717) is 11.1 Å². The van der Waals surface area contributed by atoms with Crippen LogP contribution in [-0.2, 0) is 0 Å². The zero-order chi connectivity index (χ0) is 14.0. The molecule has 0 saturated heterocycles. The van der Waals surface area contributed by atoms with Gasteiger partial charge in [0.1, 0.15) is 5.75 Å². The van der Waals surface area contributed by atoms with Gasteiger partial charge in [0.25, 0.3) is 0 Å². The number of ether oxygens (including phenoxy) is 1. The van der Waals surface area contributed by atoms with E-state index in [1.807, 2.05) is 44.2 Å². The summed E-state index contributed by atoms with van der Waals surface area (Å²) < 4.78 is 6.15. The lowest BCUT2D eigenvalue weighted by Gasteiger charge is -2.08. The van der Waals surface area contributed by atoms with E-state index in [0.717, 1.165) is 21.3 Å². The number of hydrogen-bond acceptors (Lipinski definition) is 2. The zero-order valence-electron chi connectivity index (χ0n) is 11.2. The quantitative estimate of drug-likeness (QED) is 0.788. The van der Waals surface area contributed by atoms with Gasteiger partial charge >= 0.3 is 0 Å². The highest BCUT2D eigenvalue weighted by Gasteiger charge is 2.11. The molecule has 0 aliphatic heterocycles. The van der Waals surface area contributed by atoms with Gasteiger partial charge in [-0.25, -0.2) is 0 Å². The Bertz CT molecular complexity index is 633. The summed E-state index contributed by atoms with van der Waals surface area (Å²) in [5, 5.41) is 0. The smallest absolute Gasteiger partial charge is 0.193 e. The fraction of sp³-hybridized carbons (Fsp3) is 0.188. The van der Waals surface area contributed by atoms with E-state index in [2.05, 4.69) is 15.9 Å². The predicted molar refractivity (Wildman–Crippen MR) is 80.0 cm³/mol. The van der Waals surface area contributed by atoms with Gasteiger partial charge in [-0.15, -0.1) is 0 Å². The number of halogens is 1. The van der Waals surface area contributed by atoms with Crippen LogP contribution in [0, 0.1) is 13.8 Å². The van der Waals surface area contributed by atoms with E-state index in [1.165, 1.54) is 0 Å². The summed E-state index contributed by atoms with van der Waals surface area (Å²) in [5.74, 6) is 0.813. The SMILES string of the molecule is COc1ccc(C(=O)c2ccc(C)c(Br)c2)cc1C. The zero-order valence-corrected chi connectivity index (χ0v) is 12.7. The lowest BCUT2D eigenvalue weighted by Crippen LogP contribution is -2.02. The van der Waals surface area contributed by atoms with Crippen molar-refractivity contribution in [3.8, 4) is 5.75 Å². The molecule has 0 heterocycles. The predicted octanol–water partition coefficient (Wildman–Crippen LogP) is 4.31. The third-order valence-electron chi connectivity index (χ3n) is 3.09. The van der Waals surface area contributed by atoms with Gasteiger partial charge in [-0.05, 0) is 49.2 Å². The summed E-state index contributed by atoms with van der Waals surface area (Å²) in [5.41, 5.74) is 3.43. The Hall–Kier alpha value is -1.61. The molecule has 0 unspecified atom stereocenters. The summed E-state index contributed by atoms with van der Waals surface area (Å²) in [7, 11) is 1.63. The Morgan fingerprint density at radius 1 is 1.00 bits per heavy atom. The standard InChI is InChI=1S/C16H15BrO2/c1-10-4-5-13(9-14(10)17)16(18)12-6-7-15(19-3)11(2)8-12/h4-9H,1-3H3. The molecule has 98 valence electrons. The van der Waals surface area contributed by atoms with Gasteiger partial charge in [0, 0.05) is 15.6 Å². The normalized spacial score (nSPS) is 10.3. The second-order valence-corrected chi connectivity index (χ2v) is 5.33. The van der Waals surface area contributed by atoms with E-state index in [1.54, 1.807) is 13.2 Å². The average molecular weight is 319 g/mol. The van der Waals surface area contributed by atoms with Crippen LogP contribution in [0.5, 0.6) is 5.75 Å². The van der Waals surface area contributed by atoms with E-state index in [-0.39, 0.29) is 5.78 Å². The molecular formula is C16H15BrO2. The largest absolute Gasteiger partial charge is 0.496 e. The van der Waals surface area contributed by atoms with Gasteiger partial charge in [-0.3, -0.25) is 4.79 Å². The lowest BCUT2D eigenvalue weighted by atomic mass is 10.0. The van der Waals surface area contributed by atoms with Crippen LogP contribution in [0.1, 0.15) is 27.0 Å². The van der Waals surface area contributed by atoms with Gasteiger partial charge < -0.3 is 4.74 Å². The second kappa shape index (κ2) is 5.57. The van der Waals surface area contributed by atoms with Crippen molar-refractivity contribution in [2.75, 3.05) is 7.11 Å². The van der Waals surface area contributed by atoms with Gasteiger partial charge in [0.15, 0.2) is 5.78 Å². The number of methoxy groups -OCH3 is 1. The molecule has 2 aromatic carbocycles. The summed E-state index contributed by atoms with van der Waals surface area (Å²) >= 11 is 3.45. The molecule has 0 N–H and O–H groups in total. The maximum atomic E-state index is 12.4. The molecule has 0 bridgehead atoms. The van der Waals surface area contributed by atoms with Crippen molar-refractivity contribution in [2.45, 2.75) is 13.8 Å². The summed E-state index contributed by atoms with van der Waals surface area (Å²) in [6.07, 6.45) is 0. The van der Waals surface area contributed by atoms with Crippen LogP contribution in [0.25, 0.3) is 0 Å². The van der Waals surface area contributed by atoms with Crippen LogP contribution >= 0.6 is 15.9 Å². The number of aryl methyl sites for hydroxylation is 2. The van der Waals surface area contributed by atoms with Crippen molar-refractivity contribution in [2.24, 2.45) is 0 Å². The number of rotatable bonds is 3. The van der Waals surface area contributed by atoms with Crippen LogP contribution < -0.4 is 4.74 Å². The number of benzene rings is 2. The van der Waals surface area contributed by atoms with Crippen LogP contribution in [-0.4, -0.2) is 12.9 Å². The molecule has 0 aliphatic carbocycles. The number of ketones is 1. The van der Waals surface area contributed by atoms with Crippen molar-refractivity contribution in [1.82, 2.24) is 0 Å². The van der Waals surface area contributed by atoms with Crippen LogP contribution in [0.15, 0.2) is 40.9 Å². The van der Waals surface area contributed by atoms with Crippen LogP contribution in [0.4, 0.5) is 0 Å². The number of carbonyl (C=O) groups is 1. The Kier molecular flexibility index (Phi) is 4.05. The first-order valence-corrected chi connectivity index (χ1v) is 6.77. The minimum atomic E-state index is 0.0199. The first kappa shape index (κ1) is 13.8. The highest BCUT2D eigenvalue weighted by molar-refractivity contribution is 9.10. The summed E-state index contributed by atoms with van der Waals surface area (Å²) in [6.45, 7) is 3.93. The molecule has 0 aliphatic rings. The van der Waals surface area contributed by atoms with Crippen molar-refractivity contribution in [3.05, 3.63) is 63.1 Å². The molecule has 0 saturated carbocycles. The van der Waals surface area contributed by atoms with Gasteiger partial charge in [0.05, 0.1) is 7.11 Å². The van der Waals surface area contributed by atoms with Crippen molar-refractivity contribution in [1.29, 1.82) is 0 Å². The highest BCUT2D eigenvalue weighted by Crippen LogP contribution is 2.23. The van der Waals surface area contributed by atoms with E-state index in [4.69, 9.17) is 4.74 Å². The molecule has 2 rings (SSSR count). The van der Waals surface area contributed by atoms with Crippen LogP contribution in [0.3, 0.4) is 0 Å². The molecule has 0 amide bonds. The molecule has 0 atom stereocenters. The van der Waals surface area contributed by atoms with Gasteiger partial charge in [-0.1, -0.05) is 28.1 Å². The van der Waals surface area contributed by atoms with Gasteiger partial charge in [-0.2, -0.15) is 0 Å². The second-order valence-electron chi connectivity index (χ2n) is 4.48. The van der Waals surface area contributed by atoms with Crippen molar-refractivity contribution >= 4 is 21.7 Å². The third kappa shape index (κ3) is 2.87. The molecule has 0 spiro atoms. The summed E-state index contributed by atoms with van der Waals surface area (Å²) in [4.78, 5) is 12.4. The van der Waals surface area contributed by atoms with E-state index in [9.17, 15) is 4.79 Å². The van der Waals surface area contributed by atoms with Crippen molar-refractivity contribution < 1.29 is 9.53 Å². The van der Waals surface area contributed by atoms with Gasteiger partial charge in [0.2, 0.25) is 0 Å².